The Hall–Kier alpha value is -1.59. The monoisotopic (exact) mass is 257 g/mol. The van der Waals surface area contributed by atoms with E-state index in [0.29, 0.717) is 26.0 Å². The van der Waals surface area contributed by atoms with Gasteiger partial charge >= 0.3 is 17.8 Å². The van der Waals surface area contributed by atoms with Gasteiger partial charge in [-0.05, 0) is 26.7 Å². The molecule has 0 saturated carbocycles. The van der Waals surface area contributed by atoms with Crippen molar-refractivity contribution in [3.8, 4) is 0 Å². The lowest BCUT2D eigenvalue weighted by atomic mass is 9.98. The summed E-state index contributed by atoms with van der Waals surface area (Å²) in [7, 11) is 0. The van der Waals surface area contributed by atoms with Crippen molar-refractivity contribution in [2.45, 2.75) is 26.7 Å². The average Bonchev–Trinajstić information content (AvgIpc) is 2.38. The van der Waals surface area contributed by atoms with E-state index in [1.807, 2.05) is 0 Å². The Morgan fingerprint density at radius 1 is 1.17 bits per heavy atom. The smallest absolute Gasteiger partial charge is 0.397 e. The largest absolute Gasteiger partial charge is 0.466 e. The van der Waals surface area contributed by atoms with E-state index in [0.717, 1.165) is 0 Å². The van der Waals surface area contributed by atoms with Crippen molar-refractivity contribution < 1.29 is 23.9 Å². The minimum Gasteiger partial charge on any atom is -0.466 e. The van der Waals surface area contributed by atoms with Crippen LogP contribution < -0.4 is 0 Å². The summed E-state index contributed by atoms with van der Waals surface area (Å²) in [6.07, 6.45) is 1.38. The van der Waals surface area contributed by atoms with E-state index in [1.54, 1.807) is 13.8 Å². The molecule has 6 heteroatoms. The third kappa shape index (κ3) is 3.72. The van der Waals surface area contributed by atoms with Crippen molar-refractivity contribution in [1.82, 2.24) is 4.90 Å². The molecule has 1 rings (SSSR count). The highest BCUT2D eigenvalue weighted by atomic mass is 16.5. The van der Waals surface area contributed by atoms with Crippen molar-refractivity contribution in [1.29, 1.82) is 0 Å². The molecule has 0 aromatic heterocycles. The summed E-state index contributed by atoms with van der Waals surface area (Å²) in [5.41, 5.74) is 0. The SMILES string of the molecule is CCOC(=O)C(=O)N1CCC[C@@H](C(=O)OCC)C1. The van der Waals surface area contributed by atoms with E-state index in [2.05, 4.69) is 4.74 Å². The molecule has 1 saturated heterocycles. The summed E-state index contributed by atoms with van der Waals surface area (Å²) >= 11 is 0. The zero-order valence-electron chi connectivity index (χ0n) is 10.8. The van der Waals surface area contributed by atoms with Crippen molar-refractivity contribution in [3.63, 3.8) is 0 Å². The number of nitrogens with zero attached hydrogens (tertiary/aromatic N) is 1. The van der Waals surface area contributed by atoms with Crippen LogP contribution in [0.1, 0.15) is 26.7 Å². The Labute approximate surface area is 106 Å². The molecule has 1 atom stereocenters. The summed E-state index contributed by atoms with van der Waals surface area (Å²) < 4.78 is 9.58. The maximum Gasteiger partial charge on any atom is 0.397 e. The van der Waals surface area contributed by atoms with Crippen LogP contribution in [0.3, 0.4) is 0 Å². The third-order valence-corrected chi connectivity index (χ3v) is 2.78. The number of rotatable bonds is 3. The van der Waals surface area contributed by atoms with Crippen LogP contribution in [-0.4, -0.2) is 49.0 Å². The molecule has 0 aromatic rings. The molecule has 0 bridgehead atoms. The topological polar surface area (TPSA) is 72.9 Å². The fraction of sp³-hybridized carbons (Fsp3) is 0.750. The molecule has 0 aliphatic carbocycles. The van der Waals surface area contributed by atoms with Crippen LogP contribution >= 0.6 is 0 Å². The predicted molar refractivity (Wildman–Crippen MR) is 62.6 cm³/mol. The molecule has 0 aromatic carbocycles. The number of carbonyl (C=O) groups is 3. The summed E-state index contributed by atoms with van der Waals surface area (Å²) in [5, 5.41) is 0. The van der Waals surface area contributed by atoms with Gasteiger partial charge in [-0.2, -0.15) is 0 Å². The number of hydrogen-bond donors (Lipinski definition) is 0. The van der Waals surface area contributed by atoms with E-state index < -0.39 is 11.9 Å². The molecule has 0 spiro atoms. The second kappa shape index (κ2) is 6.98. The minimum atomic E-state index is -0.859. The zero-order valence-corrected chi connectivity index (χ0v) is 10.8. The lowest BCUT2D eigenvalue weighted by Crippen LogP contribution is -2.46. The second-order valence-electron chi connectivity index (χ2n) is 4.06. The van der Waals surface area contributed by atoms with Gasteiger partial charge in [0, 0.05) is 13.1 Å². The van der Waals surface area contributed by atoms with Crippen molar-refractivity contribution in [2.24, 2.45) is 5.92 Å². The molecule has 0 N–H and O–H groups in total. The maximum absolute atomic E-state index is 11.7. The molecule has 0 radical (unpaired) electrons. The summed E-state index contributed by atoms with van der Waals surface area (Å²) in [6, 6.07) is 0. The van der Waals surface area contributed by atoms with Crippen LogP contribution in [0.4, 0.5) is 0 Å². The van der Waals surface area contributed by atoms with Crippen LogP contribution in [0.15, 0.2) is 0 Å². The summed E-state index contributed by atoms with van der Waals surface area (Å²) in [5.74, 6) is -2.18. The van der Waals surface area contributed by atoms with E-state index in [1.165, 1.54) is 4.90 Å². The number of hydrogen-bond acceptors (Lipinski definition) is 5. The van der Waals surface area contributed by atoms with Crippen LogP contribution in [0.5, 0.6) is 0 Å². The van der Waals surface area contributed by atoms with E-state index in [-0.39, 0.29) is 25.0 Å². The standard InChI is InChI=1S/C12H19NO5/c1-3-17-11(15)9-6-5-7-13(8-9)10(14)12(16)18-4-2/h9H,3-8H2,1-2H3/t9-/m1/s1. The van der Waals surface area contributed by atoms with E-state index in [9.17, 15) is 14.4 Å². The van der Waals surface area contributed by atoms with Gasteiger partial charge in [-0.25, -0.2) is 4.79 Å². The molecule has 0 unspecified atom stereocenters. The normalized spacial score (nSPS) is 19.2. The Balaban J connectivity index is 2.55. The first-order valence-electron chi connectivity index (χ1n) is 6.22. The number of amides is 1. The first-order chi connectivity index (χ1) is 8.60. The lowest BCUT2D eigenvalue weighted by Gasteiger charge is -2.30. The molecule has 18 heavy (non-hydrogen) atoms. The first-order valence-corrected chi connectivity index (χ1v) is 6.22. The zero-order chi connectivity index (χ0) is 13.5. The van der Waals surface area contributed by atoms with Gasteiger partial charge in [-0.1, -0.05) is 0 Å². The van der Waals surface area contributed by atoms with Gasteiger partial charge in [0.1, 0.15) is 0 Å². The first kappa shape index (κ1) is 14.5. The Bertz CT molecular complexity index is 328. The molecule has 1 heterocycles. The highest BCUT2D eigenvalue weighted by Crippen LogP contribution is 2.18. The quantitative estimate of drug-likeness (QED) is 0.539. The molecule has 1 aliphatic heterocycles. The number of ether oxygens (including phenoxy) is 2. The fourth-order valence-electron chi connectivity index (χ4n) is 1.94. The number of esters is 2. The average molecular weight is 257 g/mol. The van der Waals surface area contributed by atoms with Crippen LogP contribution in [0.2, 0.25) is 0 Å². The van der Waals surface area contributed by atoms with Gasteiger partial charge in [0.05, 0.1) is 19.1 Å². The lowest BCUT2D eigenvalue weighted by molar-refractivity contribution is -0.162. The summed E-state index contributed by atoms with van der Waals surface area (Å²) in [4.78, 5) is 36.0. The van der Waals surface area contributed by atoms with Gasteiger partial charge in [0.15, 0.2) is 0 Å². The molecular formula is C12H19NO5. The van der Waals surface area contributed by atoms with E-state index in [4.69, 9.17) is 4.74 Å². The highest BCUT2D eigenvalue weighted by molar-refractivity contribution is 6.32. The third-order valence-electron chi connectivity index (χ3n) is 2.78. The van der Waals surface area contributed by atoms with Gasteiger partial charge in [0.2, 0.25) is 0 Å². The van der Waals surface area contributed by atoms with Gasteiger partial charge in [-0.15, -0.1) is 0 Å². The molecule has 6 nitrogen and oxygen atoms in total. The van der Waals surface area contributed by atoms with Gasteiger partial charge in [-0.3, -0.25) is 9.59 Å². The Morgan fingerprint density at radius 3 is 2.44 bits per heavy atom. The minimum absolute atomic E-state index is 0.166. The highest BCUT2D eigenvalue weighted by Gasteiger charge is 2.32. The maximum atomic E-state index is 11.7. The van der Waals surface area contributed by atoms with E-state index >= 15 is 0 Å². The van der Waals surface area contributed by atoms with Gasteiger partial charge < -0.3 is 14.4 Å². The number of piperidine rings is 1. The second-order valence-corrected chi connectivity index (χ2v) is 4.06. The number of carbonyl (C=O) groups excluding carboxylic acids is 3. The fourth-order valence-corrected chi connectivity index (χ4v) is 1.94. The molecule has 1 fully saturated rings. The molecular weight excluding hydrogens is 238 g/mol. The van der Waals surface area contributed by atoms with Crippen molar-refractivity contribution >= 4 is 17.8 Å². The van der Waals surface area contributed by atoms with Crippen molar-refractivity contribution in [2.75, 3.05) is 26.3 Å². The molecule has 1 aliphatic rings. The predicted octanol–water partition coefficient (Wildman–Crippen LogP) is 0.351. The molecule has 102 valence electrons. The van der Waals surface area contributed by atoms with Crippen LogP contribution in [-0.2, 0) is 23.9 Å². The van der Waals surface area contributed by atoms with Crippen LogP contribution in [0, 0.1) is 5.92 Å². The Morgan fingerprint density at radius 2 is 1.83 bits per heavy atom. The van der Waals surface area contributed by atoms with Gasteiger partial charge in [0.25, 0.3) is 0 Å². The summed E-state index contributed by atoms with van der Waals surface area (Å²) in [6.45, 7) is 4.58. The van der Waals surface area contributed by atoms with Crippen molar-refractivity contribution in [3.05, 3.63) is 0 Å². The van der Waals surface area contributed by atoms with Crippen LogP contribution in [0.25, 0.3) is 0 Å². The Kier molecular flexibility index (Phi) is 5.61. The molecule has 1 amide bonds. The number of likely N-dealkylation sites (tertiary alicyclic amines) is 1.